The average molecular weight is 452 g/mol. The number of carbonyl (C=O) groups excluding carboxylic acids is 1. The van der Waals surface area contributed by atoms with Crippen molar-refractivity contribution in [3.05, 3.63) is 77.2 Å². The SMILES string of the molecule is COc1ccc(CSC(C)C(C=CS(=O)(=O)O)NC(=O)OCc2ccccc2)cc1. The minimum atomic E-state index is -4.31. The summed E-state index contributed by atoms with van der Waals surface area (Å²) in [6, 6.07) is 16.1. The summed E-state index contributed by atoms with van der Waals surface area (Å²) >= 11 is 1.52. The van der Waals surface area contributed by atoms with E-state index in [0.29, 0.717) is 11.2 Å². The minimum absolute atomic E-state index is 0.0920. The zero-order valence-electron chi connectivity index (χ0n) is 16.7. The second-order valence-electron chi connectivity index (χ2n) is 6.44. The number of benzene rings is 2. The van der Waals surface area contributed by atoms with Gasteiger partial charge < -0.3 is 14.8 Å². The van der Waals surface area contributed by atoms with E-state index >= 15 is 0 Å². The molecule has 0 saturated carbocycles. The predicted molar refractivity (Wildman–Crippen MR) is 118 cm³/mol. The fourth-order valence-electron chi connectivity index (χ4n) is 2.46. The van der Waals surface area contributed by atoms with Gasteiger partial charge in [-0.1, -0.05) is 49.4 Å². The lowest BCUT2D eigenvalue weighted by molar-refractivity contribution is 0.137. The third-order valence-electron chi connectivity index (χ3n) is 4.13. The third kappa shape index (κ3) is 8.89. The number of thioether (sulfide) groups is 1. The molecule has 0 aliphatic carbocycles. The Morgan fingerprint density at radius 2 is 1.80 bits per heavy atom. The van der Waals surface area contributed by atoms with Crippen LogP contribution in [-0.2, 0) is 27.2 Å². The molecule has 0 heterocycles. The van der Waals surface area contributed by atoms with E-state index in [2.05, 4.69) is 5.32 Å². The van der Waals surface area contributed by atoms with Crippen LogP contribution in [0.1, 0.15) is 18.1 Å². The standard InChI is InChI=1S/C21H25NO6S2/c1-16(29-15-18-8-10-19(27-2)11-9-18)20(12-13-30(24,25)26)22-21(23)28-14-17-6-4-3-5-7-17/h3-13,16,20H,14-15H2,1-2H3,(H,22,23)(H,24,25,26). The van der Waals surface area contributed by atoms with Crippen molar-refractivity contribution in [2.45, 2.75) is 30.6 Å². The first kappa shape index (κ1) is 23.8. The van der Waals surface area contributed by atoms with Crippen molar-refractivity contribution in [3.8, 4) is 5.75 Å². The largest absolute Gasteiger partial charge is 0.497 e. The van der Waals surface area contributed by atoms with Gasteiger partial charge in [0, 0.05) is 11.0 Å². The van der Waals surface area contributed by atoms with Crippen LogP contribution < -0.4 is 10.1 Å². The predicted octanol–water partition coefficient (Wildman–Crippen LogP) is 4.01. The molecule has 30 heavy (non-hydrogen) atoms. The van der Waals surface area contributed by atoms with Crippen molar-refractivity contribution in [1.29, 1.82) is 0 Å². The number of amides is 1. The maximum Gasteiger partial charge on any atom is 0.407 e. The highest BCUT2D eigenvalue weighted by atomic mass is 32.2. The van der Waals surface area contributed by atoms with Gasteiger partial charge in [-0.15, -0.1) is 0 Å². The molecule has 2 unspecified atom stereocenters. The molecular weight excluding hydrogens is 426 g/mol. The Labute approximate surface area is 181 Å². The highest BCUT2D eigenvalue weighted by Crippen LogP contribution is 2.23. The van der Waals surface area contributed by atoms with Crippen LogP contribution in [0.2, 0.25) is 0 Å². The lowest BCUT2D eigenvalue weighted by atomic mass is 10.2. The molecule has 0 bridgehead atoms. The molecule has 0 fully saturated rings. The Morgan fingerprint density at radius 3 is 2.40 bits per heavy atom. The van der Waals surface area contributed by atoms with Gasteiger partial charge in [-0.25, -0.2) is 4.79 Å². The Kier molecular flexibility index (Phi) is 9.22. The molecular formula is C21H25NO6S2. The number of alkyl carbamates (subject to hydrolysis) is 1. The van der Waals surface area contributed by atoms with E-state index in [0.717, 1.165) is 16.9 Å². The van der Waals surface area contributed by atoms with Crippen molar-refractivity contribution in [3.63, 3.8) is 0 Å². The first-order valence-corrected chi connectivity index (χ1v) is 11.7. The molecule has 0 saturated heterocycles. The van der Waals surface area contributed by atoms with Crippen LogP contribution in [0.25, 0.3) is 0 Å². The molecule has 2 aromatic carbocycles. The molecule has 2 aromatic rings. The fraction of sp³-hybridized carbons (Fsp3) is 0.286. The molecule has 0 spiro atoms. The van der Waals surface area contributed by atoms with E-state index < -0.39 is 22.3 Å². The number of hydrogen-bond donors (Lipinski definition) is 2. The zero-order chi connectivity index (χ0) is 22.0. The summed E-state index contributed by atoms with van der Waals surface area (Å²) in [7, 11) is -2.72. The smallest absolute Gasteiger partial charge is 0.407 e. The molecule has 1 amide bonds. The maximum atomic E-state index is 12.2. The Hall–Kier alpha value is -2.49. The van der Waals surface area contributed by atoms with Crippen molar-refractivity contribution >= 4 is 28.0 Å². The van der Waals surface area contributed by atoms with Crippen LogP contribution in [0.5, 0.6) is 5.75 Å². The molecule has 162 valence electrons. The summed E-state index contributed by atoms with van der Waals surface area (Å²) in [5.74, 6) is 1.40. The van der Waals surface area contributed by atoms with Crippen LogP contribution >= 0.6 is 11.8 Å². The number of nitrogens with one attached hydrogen (secondary N) is 1. The Balaban J connectivity index is 1.97. The van der Waals surface area contributed by atoms with Gasteiger partial charge in [0.25, 0.3) is 10.1 Å². The number of hydrogen-bond acceptors (Lipinski definition) is 6. The molecule has 7 nitrogen and oxygen atoms in total. The van der Waals surface area contributed by atoms with Gasteiger partial charge in [0.05, 0.1) is 18.6 Å². The molecule has 2 N–H and O–H groups in total. The van der Waals surface area contributed by atoms with Gasteiger partial charge in [-0.2, -0.15) is 20.2 Å². The van der Waals surface area contributed by atoms with Crippen LogP contribution in [0.15, 0.2) is 66.1 Å². The lowest BCUT2D eigenvalue weighted by Gasteiger charge is -2.22. The second kappa shape index (κ2) is 11.6. The molecule has 2 rings (SSSR count). The summed E-state index contributed by atoms with van der Waals surface area (Å²) in [4.78, 5) is 12.2. The molecule has 0 aliphatic heterocycles. The van der Waals surface area contributed by atoms with Gasteiger partial charge in [0.2, 0.25) is 0 Å². The van der Waals surface area contributed by atoms with Gasteiger partial charge in [0.15, 0.2) is 0 Å². The Bertz CT molecular complexity index is 930. The molecule has 0 aromatic heterocycles. The van der Waals surface area contributed by atoms with Gasteiger partial charge in [0.1, 0.15) is 12.4 Å². The normalized spacial score (nSPS) is 13.6. The first-order chi connectivity index (χ1) is 14.3. The van der Waals surface area contributed by atoms with Gasteiger partial charge in [-0.3, -0.25) is 4.55 Å². The summed E-state index contributed by atoms with van der Waals surface area (Å²) in [6.07, 6.45) is 0.561. The summed E-state index contributed by atoms with van der Waals surface area (Å²) in [6.45, 7) is 1.94. The molecule has 0 aliphatic rings. The third-order valence-corrected chi connectivity index (χ3v) is 5.95. The lowest BCUT2D eigenvalue weighted by Crippen LogP contribution is -2.40. The summed E-state index contributed by atoms with van der Waals surface area (Å²) in [5.41, 5.74) is 1.89. The van der Waals surface area contributed by atoms with Crippen molar-refractivity contribution in [2.24, 2.45) is 0 Å². The molecule has 9 heteroatoms. The van der Waals surface area contributed by atoms with Crippen LogP contribution in [-0.4, -0.2) is 37.5 Å². The van der Waals surface area contributed by atoms with E-state index in [9.17, 15) is 13.2 Å². The quantitative estimate of drug-likeness (QED) is 0.526. The van der Waals surface area contributed by atoms with Gasteiger partial charge in [-0.05, 0) is 29.3 Å². The second-order valence-corrected chi connectivity index (χ2v) is 9.11. The number of carbonyl (C=O) groups is 1. The minimum Gasteiger partial charge on any atom is -0.497 e. The van der Waals surface area contributed by atoms with Crippen LogP contribution in [0.4, 0.5) is 4.79 Å². The maximum absolute atomic E-state index is 12.2. The van der Waals surface area contributed by atoms with Crippen LogP contribution in [0, 0.1) is 0 Å². The zero-order valence-corrected chi connectivity index (χ0v) is 18.4. The molecule has 2 atom stereocenters. The van der Waals surface area contributed by atoms with Crippen molar-refractivity contribution in [1.82, 2.24) is 5.32 Å². The van der Waals surface area contributed by atoms with Gasteiger partial charge >= 0.3 is 6.09 Å². The van der Waals surface area contributed by atoms with Crippen molar-refractivity contribution in [2.75, 3.05) is 7.11 Å². The highest BCUT2D eigenvalue weighted by molar-refractivity contribution is 7.99. The fourth-order valence-corrected chi connectivity index (χ4v) is 3.84. The van der Waals surface area contributed by atoms with E-state index in [1.54, 1.807) is 7.11 Å². The Morgan fingerprint density at radius 1 is 1.13 bits per heavy atom. The van der Waals surface area contributed by atoms with E-state index in [4.69, 9.17) is 14.0 Å². The van der Waals surface area contributed by atoms with Crippen molar-refractivity contribution < 1.29 is 27.2 Å². The average Bonchev–Trinajstić information content (AvgIpc) is 2.74. The first-order valence-electron chi connectivity index (χ1n) is 9.14. The monoisotopic (exact) mass is 451 g/mol. The van der Waals surface area contributed by atoms with E-state index in [-0.39, 0.29) is 11.9 Å². The number of methoxy groups -OCH3 is 1. The number of rotatable bonds is 10. The molecule has 0 radical (unpaired) electrons. The van der Waals surface area contributed by atoms with Crippen LogP contribution in [0.3, 0.4) is 0 Å². The van der Waals surface area contributed by atoms with E-state index in [1.165, 1.54) is 17.8 Å². The van der Waals surface area contributed by atoms with E-state index in [1.807, 2.05) is 61.5 Å². The summed E-state index contributed by atoms with van der Waals surface area (Å²) < 4.78 is 41.6. The topological polar surface area (TPSA) is 102 Å². The number of ether oxygens (including phenoxy) is 2. The summed E-state index contributed by atoms with van der Waals surface area (Å²) in [5, 5.41) is 3.12. The highest BCUT2D eigenvalue weighted by Gasteiger charge is 2.19.